The average molecular weight is 222 g/mol. The lowest BCUT2D eigenvalue weighted by molar-refractivity contribution is -0.144. The van der Waals surface area contributed by atoms with Gasteiger partial charge in [-0.25, -0.2) is 0 Å². The first-order chi connectivity index (χ1) is 7.59. The quantitative estimate of drug-likeness (QED) is 0.726. The van der Waals surface area contributed by atoms with Crippen molar-refractivity contribution < 1.29 is 9.90 Å². The van der Waals surface area contributed by atoms with Gasteiger partial charge in [0, 0.05) is 0 Å². The summed E-state index contributed by atoms with van der Waals surface area (Å²) in [7, 11) is 0. The third kappa shape index (κ3) is 2.16. The van der Waals surface area contributed by atoms with E-state index in [0.29, 0.717) is 11.8 Å². The Labute approximate surface area is 97.7 Å². The van der Waals surface area contributed by atoms with Gasteiger partial charge in [0.05, 0.1) is 5.92 Å². The van der Waals surface area contributed by atoms with Crippen molar-refractivity contribution in [2.45, 2.75) is 46.0 Å². The Morgan fingerprint density at radius 1 is 1.44 bits per heavy atom. The predicted molar refractivity (Wildman–Crippen MR) is 64.1 cm³/mol. The maximum absolute atomic E-state index is 11.1. The second-order valence-corrected chi connectivity index (χ2v) is 5.61. The molecule has 0 saturated heterocycles. The van der Waals surface area contributed by atoms with Gasteiger partial charge in [0.25, 0.3) is 0 Å². The Balaban J connectivity index is 2.18. The maximum atomic E-state index is 11.1. The fourth-order valence-corrected chi connectivity index (χ4v) is 3.54. The summed E-state index contributed by atoms with van der Waals surface area (Å²) in [5.74, 6) is 0.849. The highest BCUT2D eigenvalue weighted by Crippen LogP contribution is 2.45. The molecular formula is C14H22O2. The summed E-state index contributed by atoms with van der Waals surface area (Å²) in [6.45, 7) is 4.07. The van der Waals surface area contributed by atoms with Crippen LogP contribution in [0.1, 0.15) is 46.0 Å². The molecule has 1 fully saturated rings. The highest BCUT2D eigenvalue weighted by Gasteiger charge is 2.38. The number of carboxylic acid groups (broad SMARTS) is 1. The van der Waals surface area contributed by atoms with Crippen LogP contribution >= 0.6 is 0 Å². The van der Waals surface area contributed by atoms with Crippen LogP contribution < -0.4 is 0 Å². The Kier molecular flexibility index (Phi) is 3.36. The summed E-state index contributed by atoms with van der Waals surface area (Å²) in [6.07, 6.45) is 8.48. The van der Waals surface area contributed by atoms with Crippen molar-refractivity contribution in [3.05, 3.63) is 11.6 Å². The molecule has 90 valence electrons. The van der Waals surface area contributed by atoms with E-state index in [0.717, 1.165) is 12.3 Å². The van der Waals surface area contributed by atoms with E-state index in [1.165, 1.54) is 31.3 Å². The van der Waals surface area contributed by atoms with Crippen LogP contribution in [0, 0.1) is 23.7 Å². The molecule has 0 heterocycles. The summed E-state index contributed by atoms with van der Waals surface area (Å²) >= 11 is 0. The lowest BCUT2D eigenvalue weighted by atomic mass is 9.63. The summed E-state index contributed by atoms with van der Waals surface area (Å²) in [5, 5.41) is 9.17. The van der Waals surface area contributed by atoms with Crippen molar-refractivity contribution in [1.82, 2.24) is 0 Å². The van der Waals surface area contributed by atoms with Gasteiger partial charge in [0.15, 0.2) is 0 Å². The minimum atomic E-state index is -0.623. The van der Waals surface area contributed by atoms with Gasteiger partial charge in [-0.05, 0) is 50.4 Å². The zero-order valence-corrected chi connectivity index (χ0v) is 10.3. The normalized spacial score (nSPS) is 36.1. The predicted octanol–water partition coefficient (Wildman–Crippen LogP) is 3.48. The van der Waals surface area contributed by atoms with E-state index in [4.69, 9.17) is 5.11 Å². The zero-order valence-electron chi connectivity index (χ0n) is 10.3. The molecule has 1 saturated carbocycles. The van der Waals surface area contributed by atoms with E-state index in [9.17, 15) is 4.79 Å². The van der Waals surface area contributed by atoms with Crippen molar-refractivity contribution in [1.29, 1.82) is 0 Å². The van der Waals surface area contributed by atoms with Crippen LogP contribution in [-0.2, 0) is 4.79 Å². The largest absolute Gasteiger partial charge is 0.481 e. The first kappa shape index (κ1) is 11.7. The third-order valence-electron chi connectivity index (χ3n) is 4.57. The Morgan fingerprint density at radius 2 is 2.19 bits per heavy atom. The van der Waals surface area contributed by atoms with Gasteiger partial charge in [-0.1, -0.05) is 25.0 Å². The molecule has 2 nitrogen and oxygen atoms in total. The molecule has 2 rings (SSSR count). The molecule has 2 aliphatic rings. The van der Waals surface area contributed by atoms with Crippen LogP contribution in [-0.4, -0.2) is 11.1 Å². The van der Waals surface area contributed by atoms with Crippen molar-refractivity contribution in [2.75, 3.05) is 0 Å². The number of hydrogen-bond acceptors (Lipinski definition) is 1. The van der Waals surface area contributed by atoms with Gasteiger partial charge < -0.3 is 5.11 Å². The van der Waals surface area contributed by atoms with Crippen molar-refractivity contribution >= 4 is 5.97 Å². The van der Waals surface area contributed by atoms with E-state index < -0.39 is 5.97 Å². The number of rotatable bonds is 2. The van der Waals surface area contributed by atoms with Gasteiger partial charge in [0.1, 0.15) is 0 Å². The number of hydrogen-bond donors (Lipinski definition) is 1. The Morgan fingerprint density at radius 3 is 2.88 bits per heavy atom. The SMILES string of the molecule is CC1=C[C@@H]2C([C@@H](C)C(=O)O)CCC[C@@H]2CC1. The highest BCUT2D eigenvalue weighted by atomic mass is 16.4. The number of carboxylic acids is 1. The fourth-order valence-electron chi connectivity index (χ4n) is 3.54. The van der Waals surface area contributed by atoms with Gasteiger partial charge in [0.2, 0.25) is 0 Å². The van der Waals surface area contributed by atoms with Crippen LogP contribution in [0.5, 0.6) is 0 Å². The molecule has 1 unspecified atom stereocenters. The van der Waals surface area contributed by atoms with Crippen LogP contribution in [0.4, 0.5) is 0 Å². The molecule has 0 aromatic carbocycles. The minimum Gasteiger partial charge on any atom is -0.481 e. The van der Waals surface area contributed by atoms with Gasteiger partial charge in [-0.15, -0.1) is 0 Å². The number of aliphatic carboxylic acids is 1. The second kappa shape index (κ2) is 4.60. The molecule has 0 amide bonds. The van der Waals surface area contributed by atoms with E-state index in [2.05, 4.69) is 13.0 Å². The van der Waals surface area contributed by atoms with Crippen molar-refractivity contribution in [2.24, 2.45) is 23.7 Å². The lowest BCUT2D eigenvalue weighted by Crippen LogP contribution is -2.35. The molecule has 0 aromatic heterocycles. The zero-order chi connectivity index (χ0) is 11.7. The minimum absolute atomic E-state index is 0.185. The molecule has 4 atom stereocenters. The van der Waals surface area contributed by atoms with Crippen LogP contribution in [0.2, 0.25) is 0 Å². The van der Waals surface area contributed by atoms with Gasteiger partial charge in [-0.2, -0.15) is 0 Å². The first-order valence-electron chi connectivity index (χ1n) is 6.49. The van der Waals surface area contributed by atoms with Crippen molar-refractivity contribution in [3.63, 3.8) is 0 Å². The Bertz CT molecular complexity index is 306. The van der Waals surface area contributed by atoms with Crippen molar-refractivity contribution in [3.8, 4) is 0 Å². The molecule has 0 radical (unpaired) electrons. The molecule has 2 aliphatic carbocycles. The summed E-state index contributed by atoms with van der Waals surface area (Å²) in [5.41, 5.74) is 1.46. The smallest absolute Gasteiger partial charge is 0.306 e. The summed E-state index contributed by atoms with van der Waals surface area (Å²) in [6, 6.07) is 0. The van der Waals surface area contributed by atoms with E-state index in [-0.39, 0.29) is 5.92 Å². The van der Waals surface area contributed by atoms with E-state index >= 15 is 0 Å². The molecule has 0 spiro atoms. The summed E-state index contributed by atoms with van der Waals surface area (Å²) in [4.78, 5) is 11.1. The molecule has 16 heavy (non-hydrogen) atoms. The van der Waals surface area contributed by atoms with E-state index in [1.54, 1.807) is 0 Å². The number of carbonyl (C=O) groups is 1. The lowest BCUT2D eigenvalue weighted by Gasteiger charge is -2.41. The maximum Gasteiger partial charge on any atom is 0.306 e. The van der Waals surface area contributed by atoms with Crippen LogP contribution in [0.3, 0.4) is 0 Å². The molecule has 0 aromatic rings. The van der Waals surface area contributed by atoms with Crippen LogP contribution in [0.25, 0.3) is 0 Å². The molecular weight excluding hydrogens is 200 g/mol. The first-order valence-corrected chi connectivity index (χ1v) is 6.49. The molecule has 2 heteroatoms. The molecule has 1 N–H and O–H groups in total. The highest BCUT2D eigenvalue weighted by molar-refractivity contribution is 5.70. The number of fused-ring (bicyclic) bond motifs is 1. The standard InChI is InChI=1S/C14H22O2/c1-9-6-7-11-4-3-5-12(13(11)8-9)10(2)14(15)16/h8,10-13H,3-7H2,1-2H3,(H,15,16)/t10-,11-,12?,13+/m1/s1. The van der Waals surface area contributed by atoms with E-state index in [1.807, 2.05) is 6.92 Å². The van der Waals surface area contributed by atoms with Gasteiger partial charge in [-0.3, -0.25) is 4.79 Å². The molecule has 0 bridgehead atoms. The van der Waals surface area contributed by atoms with Crippen LogP contribution in [0.15, 0.2) is 11.6 Å². The topological polar surface area (TPSA) is 37.3 Å². The Hall–Kier alpha value is -0.790. The third-order valence-corrected chi connectivity index (χ3v) is 4.57. The second-order valence-electron chi connectivity index (χ2n) is 5.61. The fraction of sp³-hybridized carbons (Fsp3) is 0.786. The summed E-state index contributed by atoms with van der Waals surface area (Å²) < 4.78 is 0. The average Bonchev–Trinajstić information content (AvgIpc) is 2.27. The van der Waals surface area contributed by atoms with Gasteiger partial charge >= 0.3 is 5.97 Å². The molecule has 0 aliphatic heterocycles. The number of allylic oxidation sites excluding steroid dienone is 2. The monoisotopic (exact) mass is 222 g/mol.